The lowest BCUT2D eigenvalue weighted by Gasteiger charge is -2.33. The molecule has 0 spiro atoms. The zero-order chi connectivity index (χ0) is 16.3. The van der Waals surface area contributed by atoms with Gasteiger partial charge < -0.3 is 10.1 Å². The summed E-state index contributed by atoms with van der Waals surface area (Å²) in [5.41, 5.74) is 2.35. The molecule has 1 amide bonds. The van der Waals surface area contributed by atoms with Gasteiger partial charge in [-0.1, -0.05) is 56.7 Å². The van der Waals surface area contributed by atoms with E-state index >= 15 is 0 Å². The molecule has 0 radical (unpaired) electrons. The van der Waals surface area contributed by atoms with Crippen molar-refractivity contribution in [3.63, 3.8) is 0 Å². The van der Waals surface area contributed by atoms with Crippen LogP contribution in [0.5, 0.6) is 5.75 Å². The van der Waals surface area contributed by atoms with Gasteiger partial charge in [-0.2, -0.15) is 0 Å². The van der Waals surface area contributed by atoms with Crippen molar-refractivity contribution in [3.8, 4) is 5.75 Å². The first-order valence-corrected chi connectivity index (χ1v) is 9.30. The average Bonchev–Trinajstić information content (AvgIpc) is 2.85. The normalized spacial score (nSPS) is 23.6. The van der Waals surface area contributed by atoms with E-state index < -0.39 is 0 Å². The molecule has 1 N–H and O–H groups in total. The minimum atomic E-state index is 0.000629. The highest BCUT2D eigenvalue weighted by Crippen LogP contribution is 2.36. The number of hydrogen-bond donors (Lipinski definition) is 1. The van der Waals surface area contributed by atoms with E-state index in [9.17, 15) is 4.79 Å². The zero-order valence-corrected chi connectivity index (χ0v) is 14.6. The van der Waals surface area contributed by atoms with Crippen molar-refractivity contribution in [1.29, 1.82) is 0 Å². The SMILES string of the molecule is C=C1NC(=O)SC1Cc1ccc(OCC2(C)CCCCC2)cc1. The summed E-state index contributed by atoms with van der Waals surface area (Å²) < 4.78 is 6.02. The summed E-state index contributed by atoms with van der Waals surface area (Å²) in [7, 11) is 0. The predicted molar refractivity (Wildman–Crippen MR) is 95.9 cm³/mol. The molecule has 1 aliphatic carbocycles. The highest BCUT2D eigenvalue weighted by Gasteiger charge is 2.28. The maximum atomic E-state index is 11.3. The van der Waals surface area contributed by atoms with Crippen LogP contribution in [0.2, 0.25) is 0 Å². The fourth-order valence-electron chi connectivity index (χ4n) is 3.35. The van der Waals surface area contributed by atoms with Crippen molar-refractivity contribution < 1.29 is 9.53 Å². The van der Waals surface area contributed by atoms with Crippen LogP contribution in [0.3, 0.4) is 0 Å². The van der Waals surface area contributed by atoms with Crippen molar-refractivity contribution in [2.75, 3.05) is 6.61 Å². The third-order valence-electron chi connectivity index (χ3n) is 4.89. The standard InChI is InChI=1S/C19H25NO2S/c1-14-17(23-18(21)20-14)12-15-6-8-16(9-7-15)22-13-19(2)10-4-3-5-11-19/h6-9,17H,1,3-5,10-13H2,2H3,(H,20,21). The van der Waals surface area contributed by atoms with Gasteiger partial charge in [0.2, 0.25) is 0 Å². The molecule has 1 aromatic carbocycles. The van der Waals surface area contributed by atoms with Crippen LogP contribution in [0.15, 0.2) is 36.5 Å². The molecule has 2 fully saturated rings. The van der Waals surface area contributed by atoms with Gasteiger partial charge in [0, 0.05) is 11.1 Å². The minimum absolute atomic E-state index is 0.000629. The van der Waals surface area contributed by atoms with Crippen molar-refractivity contribution in [1.82, 2.24) is 5.32 Å². The van der Waals surface area contributed by atoms with Gasteiger partial charge in [0.05, 0.1) is 11.9 Å². The van der Waals surface area contributed by atoms with E-state index in [1.807, 2.05) is 12.1 Å². The van der Waals surface area contributed by atoms with Gasteiger partial charge in [-0.05, 0) is 37.0 Å². The third kappa shape index (κ3) is 4.31. The molecular formula is C19H25NO2S. The summed E-state index contributed by atoms with van der Waals surface area (Å²) in [4.78, 5) is 11.3. The van der Waals surface area contributed by atoms with E-state index in [4.69, 9.17) is 4.74 Å². The van der Waals surface area contributed by atoms with Gasteiger partial charge >= 0.3 is 0 Å². The quantitative estimate of drug-likeness (QED) is 0.832. The van der Waals surface area contributed by atoms with Gasteiger partial charge in [-0.25, -0.2) is 0 Å². The summed E-state index contributed by atoms with van der Waals surface area (Å²) in [5.74, 6) is 0.938. The first kappa shape index (κ1) is 16.4. The molecule has 1 aromatic rings. The lowest BCUT2D eigenvalue weighted by Crippen LogP contribution is -2.27. The lowest BCUT2D eigenvalue weighted by atomic mass is 9.76. The number of hydrogen-bond acceptors (Lipinski definition) is 3. The second-order valence-corrected chi connectivity index (χ2v) is 8.23. The number of nitrogens with one attached hydrogen (secondary N) is 1. The van der Waals surface area contributed by atoms with E-state index in [0.29, 0.717) is 5.41 Å². The molecule has 3 rings (SSSR count). The Morgan fingerprint density at radius 1 is 1.26 bits per heavy atom. The number of amides is 1. The van der Waals surface area contributed by atoms with E-state index in [1.165, 1.54) is 49.4 Å². The van der Waals surface area contributed by atoms with Crippen LogP contribution in [0.25, 0.3) is 0 Å². The highest BCUT2D eigenvalue weighted by atomic mass is 32.2. The lowest BCUT2D eigenvalue weighted by molar-refractivity contribution is 0.116. The van der Waals surface area contributed by atoms with Crippen LogP contribution in [0.1, 0.15) is 44.6 Å². The van der Waals surface area contributed by atoms with E-state index in [0.717, 1.165) is 24.5 Å². The van der Waals surface area contributed by atoms with Crippen LogP contribution in [-0.4, -0.2) is 17.1 Å². The van der Waals surface area contributed by atoms with Gasteiger partial charge in [0.25, 0.3) is 5.24 Å². The van der Waals surface area contributed by atoms with Gasteiger partial charge in [0.1, 0.15) is 5.75 Å². The number of rotatable bonds is 5. The number of carbonyl (C=O) groups is 1. The number of thioether (sulfide) groups is 1. The maximum Gasteiger partial charge on any atom is 0.283 e. The van der Waals surface area contributed by atoms with Crippen molar-refractivity contribution in [2.45, 2.75) is 50.7 Å². The van der Waals surface area contributed by atoms with Gasteiger partial charge in [-0.15, -0.1) is 0 Å². The Labute approximate surface area is 142 Å². The van der Waals surface area contributed by atoms with Crippen LogP contribution < -0.4 is 10.1 Å². The van der Waals surface area contributed by atoms with Crippen LogP contribution in [-0.2, 0) is 6.42 Å². The Balaban J connectivity index is 1.53. The molecule has 23 heavy (non-hydrogen) atoms. The molecule has 124 valence electrons. The molecule has 0 bridgehead atoms. The largest absolute Gasteiger partial charge is 0.493 e. The molecule has 2 aliphatic rings. The molecule has 1 heterocycles. The maximum absolute atomic E-state index is 11.3. The van der Waals surface area contributed by atoms with Crippen LogP contribution in [0.4, 0.5) is 4.79 Å². The Bertz CT molecular complexity index is 576. The fourth-order valence-corrected chi connectivity index (χ4v) is 4.27. The summed E-state index contributed by atoms with van der Waals surface area (Å²) >= 11 is 1.32. The zero-order valence-electron chi connectivity index (χ0n) is 13.8. The van der Waals surface area contributed by atoms with Crippen molar-refractivity contribution in [3.05, 3.63) is 42.1 Å². The van der Waals surface area contributed by atoms with Crippen LogP contribution >= 0.6 is 11.8 Å². The molecule has 1 aliphatic heterocycles. The highest BCUT2D eigenvalue weighted by molar-refractivity contribution is 8.14. The van der Waals surface area contributed by atoms with Gasteiger partial charge in [-0.3, -0.25) is 4.79 Å². The predicted octanol–water partition coefficient (Wildman–Crippen LogP) is 4.92. The molecule has 4 heteroatoms. The first-order chi connectivity index (χ1) is 11.0. The van der Waals surface area contributed by atoms with Gasteiger partial charge in [0.15, 0.2) is 0 Å². The Kier molecular flexibility index (Phi) is 5.00. The number of benzene rings is 1. The number of carbonyl (C=O) groups excluding carboxylic acids is 1. The Hall–Kier alpha value is -1.42. The molecule has 0 aromatic heterocycles. The smallest absolute Gasteiger partial charge is 0.283 e. The average molecular weight is 331 g/mol. The molecule has 1 unspecified atom stereocenters. The summed E-state index contributed by atoms with van der Waals surface area (Å²) in [6.45, 7) is 7.06. The van der Waals surface area contributed by atoms with Crippen molar-refractivity contribution >= 4 is 17.0 Å². The van der Waals surface area contributed by atoms with Crippen molar-refractivity contribution in [2.24, 2.45) is 5.41 Å². The minimum Gasteiger partial charge on any atom is -0.493 e. The topological polar surface area (TPSA) is 38.3 Å². The van der Waals surface area contributed by atoms with E-state index in [1.54, 1.807) is 0 Å². The molecule has 3 nitrogen and oxygen atoms in total. The Morgan fingerprint density at radius 2 is 1.96 bits per heavy atom. The molecular weight excluding hydrogens is 306 g/mol. The third-order valence-corrected chi connectivity index (χ3v) is 5.94. The monoisotopic (exact) mass is 331 g/mol. The van der Waals surface area contributed by atoms with Crippen LogP contribution in [0, 0.1) is 5.41 Å². The summed E-state index contributed by atoms with van der Waals surface area (Å²) in [5, 5.41) is 2.90. The number of ether oxygens (including phenoxy) is 1. The summed E-state index contributed by atoms with van der Waals surface area (Å²) in [6.07, 6.45) is 7.38. The Morgan fingerprint density at radius 3 is 2.57 bits per heavy atom. The second kappa shape index (κ2) is 7.00. The molecule has 1 atom stereocenters. The van der Waals surface area contributed by atoms with E-state index in [-0.39, 0.29) is 10.5 Å². The second-order valence-electron chi connectivity index (χ2n) is 7.05. The fraction of sp³-hybridized carbons (Fsp3) is 0.526. The molecule has 1 saturated carbocycles. The molecule has 1 saturated heterocycles. The summed E-state index contributed by atoms with van der Waals surface area (Å²) in [6, 6.07) is 8.27. The first-order valence-electron chi connectivity index (χ1n) is 8.42. The van der Waals surface area contributed by atoms with E-state index in [2.05, 4.69) is 31.0 Å².